The Morgan fingerprint density at radius 1 is 1.50 bits per heavy atom. The number of aromatic nitrogens is 3. The highest BCUT2D eigenvalue weighted by Gasteiger charge is 2.21. The zero-order valence-corrected chi connectivity index (χ0v) is 9.91. The second kappa shape index (κ2) is 4.44. The van der Waals surface area contributed by atoms with Crippen molar-refractivity contribution in [3.63, 3.8) is 0 Å². The molecule has 0 bridgehead atoms. The second-order valence-corrected chi connectivity index (χ2v) is 3.88. The van der Waals surface area contributed by atoms with E-state index in [-0.39, 0.29) is 0 Å². The van der Waals surface area contributed by atoms with Gasteiger partial charge >= 0.3 is 5.97 Å². The Hall–Kier alpha value is -2.44. The molecular formula is C11H12N4O3. The van der Waals surface area contributed by atoms with Gasteiger partial charge in [-0.15, -0.1) is 0 Å². The smallest absolute Gasteiger partial charge is 0.325 e. The van der Waals surface area contributed by atoms with E-state index < -0.39 is 17.9 Å². The molecule has 2 heterocycles. The number of amides is 1. The summed E-state index contributed by atoms with van der Waals surface area (Å²) >= 11 is 0. The van der Waals surface area contributed by atoms with Crippen LogP contribution in [0.25, 0.3) is 5.65 Å². The van der Waals surface area contributed by atoms with Crippen LogP contribution in [0.1, 0.15) is 23.0 Å². The monoisotopic (exact) mass is 248 g/mol. The minimum Gasteiger partial charge on any atom is -0.480 e. The molecule has 2 aromatic heterocycles. The molecule has 0 fully saturated rings. The minimum atomic E-state index is -1.09. The van der Waals surface area contributed by atoms with Crippen LogP contribution in [0.3, 0.4) is 0 Å². The van der Waals surface area contributed by atoms with E-state index in [1.807, 2.05) is 0 Å². The lowest BCUT2D eigenvalue weighted by Crippen LogP contribution is -2.38. The van der Waals surface area contributed by atoms with Crippen molar-refractivity contribution < 1.29 is 14.7 Å². The molecule has 0 saturated carbocycles. The fourth-order valence-electron chi connectivity index (χ4n) is 1.59. The molecule has 0 aliphatic carbocycles. The van der Waals surface area contributed by atoms with Crippen LogP contribution in [0.5, 0.6) is 0 Å². The predicted octanol–water partition coefficient (Wildman–Crippen LogP) is 0.241. The van der Waals surface area contributed by atoms with Crippen molar-refractivity contribution in [2.24, 2.45) is 0 Å². The average molecular weight is 248 g/mol. The summed E-state index contributed by atoms with van der Waals surface area (Å²) in [6, 6.07) is 0.733. The lowest BCUT2D eigenvalue weighted by atomic mass is 10.2. The van der Waals surface area contributed by atoms with Gasteiger partial charge in [-0.25, -0.2) is 9.50 Å². The van der Waals surface area contributed by atoms with Crippen LogP contribution in [0, 0.1) is 6.92 Å². The maximum Gasteiger partial charge on any atom is 0.325 e. The van der Waals surface area contributed by atoms with Gasteiger partial charge in [0.15, 0.2) is 5.65 Å². The zero-order valence-electron chi connectivity index (χ0n) is 9.91. The number of rotatable bonds is 3. The number of fused-ring (bicyclic) bond motifs is 1. The van der Waals surface area contributed by atoms with E-state index in [4.69, 9.17) is 5.11 Å². The average Bonchev–Trinajstić information content (AvgIpc) is 2.64. The Kier molecular flexibility index (Phi) is 2.97. The van der Waals surface area contributed by atoms with Gasteiger partial charge < -0.3 is 10.4 Å². The van der Waals surface area contributed by atoms with Gasteiger partial charge in [-0.1, -0.05) is 0 Å². The van der Waals surface area contributed by atoms with Gasteiger partial charge in [0.2, 0.25) is 0 Å². The molecule has 0 aliphatic rings. The van der Waals surface area contributed by atoms with Crippen LogP contribution < -0.4 is 5.32 Å². The number of nitrogens with one attached hydrogen (secondary N) is 1. The van der Waals surface area contributed by atoms with E-state index in [0.717, 1.165) is 0 Å². The van der Waals surface area contributed by atoms with Gasteiger partial charge in [0.25, 0.3) is 5.91 Å². The highest BCUT2D eigenvalue weighted by atomic mass is 16.4. The molecule has 0 unspecified atom stereocenters. The number of aryl methyl sites for hydroxylation is 1. The zero-order chi connectivity index (χ0) is 13.3. The first-order valence-electron chi connectivity index (χ1n) is 5.34. The second-order valence-electron chi connectivity index (χ2n) is 3.88. The molecule has 0 aliphatic heterocycles. The van der Waals surface area contributed by atoms with Gasteiger partial charge in [-0.2, -0.15) is 5.10 Å². The van der Waals surface area contributed by atoms with Crippen LogP contribution in [-0.4, -0.2) is 37.6 Å². The lowest BCUT2D eigenvalue weighted by Gasteiger charge is -2.08. The quantitative estimate of drug-likeness (QED) is 0.811. The number of nitrogens with zero attached hydrogens (tertiary/aromatic N) is 3. The molecule has 2 rings (SSSR count). The minimum absolute atomic E-state index is 0.295. The lowest BCUT2D eigenvalue weighted by molar-refractivity contribution is -0.138. The van der Waals surface area contributed by atoms with Gasteiger partial charge in [-0.05, 0) is 19.9 Å². The van der Waals surface area contributed by atoms with E-state index in [2.05, 4.69) is 15.4 Å². The summed E-state index contributed by atoms with van der Waals surface area (Å²) in [7, 11) is 0. The first-order chi connectivity index (χ1) is 8.50. The number of hydrogen-bond acceptors (Lipinski definition) is 4. The molecule has 1 amide bonds. The van der Waals surface area contributed by atoms with Gasteiger partial charge in [0, 0.05) is 12.4 Å². The number of hydrogen-bond donors (Lipinski definition) is 2. The van der Waals surface area contributed by atoms with Crippen molar-refractivity contribution in [3.05, 3.63) is 29.7 Å². The van der Waals surface area contributed by atoms with Crippen LogP contribution in [0.4, 0.5) is 0 Å². The molecular weight excluding hydrogens is 236 g/mol. The predicted molar refractivity (Wildman–Crippen MR) is 62.3 cm³/mol. The molecule has 18 heavy (non-hydrogen) atoms. The molecule has 7 nitrogen and oxygen atoms in total. The Morgan fingerprint density at radius 3 is 2.89 bits per heavy atom. The Morgan fingerprint density at radius 2 is 2.22 bits per heavy atom. The summed E-state index contributed by atoms with van der Waals surface area (Å²) in [5.74, 6) is -1.58. The normalized spacial score (nSPS) is 12.3. The molecule has 0 spiro atoms. The van der Waals surface area contributed by atoms with Crippen molar-refractivity contribution in [3.8, 4) is 0 Å². The molecule has 0 saturated heterocycles. The van der Waals surface area contributed by atoms with Crippen LogP contribution in [-0.2, 0) is 4.79 Å². The maximum absolute atomic E-state index is 12.0. The molecule has 0 aromatic carbocycles. The number of carboxylic acids is 1. The standard InChI is InChI=1S/C11H12N4O3/c1-6-8(10(16)13-7(2)11(17)18)9-12-4-3-5-15(9)14-6/h3-5,7H,1-2H3,(H,13,16)(H,17,18)/t7-/m1/s1. The molecule has 0 radical (unpaired) electrons. The highest BCUT2D eigenvalue weighted by Crippen LogP contribution is 2.12. The third kappa shape index (κ3) is 2.02. The Labute approximate surface area is 102 Å². The molecule has 7 heteroatoms. The van der Waals surface area contributed by atoms with Crippen LogP contribution in [0.15, 0.2) is 18.5 Å². The van der Waals surface area contributed by atoms with Crippen molar-refractivity contribution >= 4 is 17.5 Å². The molecule has 94 valence electrons. The number of carboxylic acid groups (broad SMARTS) is 1. The fraction of sp³-hybridized carbons (Fsp3) is 0.273. The first-order valence-corrected chi connectivity index (χ1v) is 5.34. The SMILES string of the molecule is Cc1nn2cccnc2c1C(=O)N[C@H](C)C(=O)O. The summed E-state index contributed by atoms with van der Waals surface area (Å²) in [4.78, 5) is 26.8. The van der Waals surface area contributed by atoms with Gasteiger partial charge in [-0.3, -0.25) is 9.59 Å². The summed E-state index contributed by atoms with van der Waals surface area (Å²) in [6.07, 6.45) is 3.22. The summed E-state index contributed by atoms with van der Waals surface area (Å²) < 4.78 is 1.48. The van der Waals surface area contributed by atoms with Crippen molar-refractivity contribution in [1.82, 2.24) is 19.9 Å². The third-order valence-electron chi connectivity index (χ3n) is 2.52. The van der Waals surface area contributed by atoms with Gasteiger partial charge in [0.05, 0.1) is 5.69 Å². The van der Waals surface area contributed by atoms with Crippen molar-refractivity contribution in [1.29, 1.82) is 0 Å². The van der Waals surface area contributed by atoms with Crippen molar-refractivity contribution in [2.75, 3.05) is 0 Å². The number of carbonyl (C=O) groups is 2. The third-order valence-corrected chi connectivity index (χ3v) is 2.52. The van der Waals surface area contributed by atoms with Crippen LogP contribution in [0.2, 0.25) is 0 Å². The molecule has 2 aromatic rings. The van der Waals surface area contributed by atoms with Gasteiger partial charge in [0.1, 0.15) is 11.6 Å². The van der Waals surface area contributed by atoms with E-state index >= 15 is 0 Å². The van der Waals surface area contributed by atoms with Crippen LogP contribution >= 0.6 is 0 Å². The van der Waals surface area contributed by atoms with E-state index in [9.17, 15) is 9.59 Å². The molecule has 1 atom stereocenters. The van der Waals surface area contributed by atoms with E-state index in [1.165, 1.54) is 11.4 Å². The van der Waals surface area contributed by atoms with E-state index in [0.29, 0.717) is 16.9 Å². The summed E-state index contributed by atoms with van der Waals surface area (Å²) in [5.41, 5.74) is 1.21. The largest absolute Gasteiger partial charge is 0.480 e. The van der Waals surface area contributed by atoms with Crippen molar-refractivity contribution in [2.45, 2.75) is 19.9 Å². The summed E-state index contributed by atoms with van der Waals surface area (Å²) in [6.45, 7) is 3.07. The van der Waals surface area contributed by atoms with E-state index in [1.54, 1.807) is 25.4 Å². The Bertz CT molecular complexity index is 620. The highest BCUT2D eigenvalue weighted by molar-refractivity contribution is 6.02. The topological polar surface area (TPSA) is 96.6 Å². The fourth-order valence-corrected chi connectivity index (χ4v) is 1.59. The first kappa shape index (κ1) is 12.0. The Balaban J connectivity index is 2.39. The maximum atomic E-state index is 12.0. The number of aliphatic carboxylic acids is 1. The number of carbonyl (C=O) groups excluding carboxylic acids is 1. The molecule has 2 N–H and O–H groups in total. The summed E-state index contributed by atoms with van der Waals surface area (Å²) in [5, 5.41) is 15.3.